The predicted octanol–water partition coefficient (Wildman–Crippen LogP) is 0.609. The summed E-state index contributed by atoms with van der Waals surface area (Å²) < 4.78 is 43.6. The number of halogens is 1. The fourth-order valence-electron chi connectivity index (χ4n) is 3.68. The number of piperazine rings is 1. The van der Waals surface area contributed by atoms with E-state index in [0.29, 0.717) is 23.8 Å². The minimum atomic E-state index is -2.99. The van der Waals surface area contributed by atoms with Crippen molar-refractivity contribution >= 4 is 27.7 Å². The Labute approximate surface area is 162 Å². The molecule has 1 atom stereocenters. The molecule has 0 radical (unpaired) electrons. The van der Waals surface area contributed by atoms with Gasteiger partial charge < -0.3 is 14.2 Å². The molecule has 3 heterocycles. The Morgan fingerprint density at radius 1 is 1.26 bits per heavy atom. The van der Waals surface area contributed by atoms with Crippen LogP contribution in [0, 0.1) is 10.7 Å². The molecule has 10 heteroatoms. The lowest BCUT2D eigenvalue weighted by Gasteiger charge is -2.33. The molecular formula is C17H22FN4O3S2+. The fraction of sp³-hybridized carbons (Fsp3) is 0.529. The van der Waals surface area contributed by atoms with Gasteiger partial charge in [0, 0.05) is 5.69 Å². The van der Waals surface area contributed by atoms with E-state index in [1.807, 2.05) is 0 Å². The van der Waals surface area contributed by atoms with Crippen LogP contribution >= 0.6 is 12.2 Å². The van der Waals surface area contributed by atoms with Gasteiger partial charge in [-0.05, 0) is 42.9 Å². The first-order valence-electron chi connectivity index (χ1n) is 9.02. The van der Waals surface area contributed by atoms with Gasteiger partial charge in [0.1, 0.15) is 5.82 Å². The number of hydrogen-bond donors (Lipinski definition) is 1. The lowest BCUT2D eigenvalue weighted by Crippen LogP contribution is -3.14. The summed E-state index contributed by atoms with van der Waals surface area (Å²) in [6.07, 6.45) is 0.542. The van der Waals surface area contributed by atoms with Crippen molar-refractivity contribution in [3.05, 3.63) is 40.8 Å². The fourth-order valence-corrected chi connectivity index (χ4v) is 5.60. The summed E-state index contributed by atoms with van der Waals surface area (Å²) in [5, 5.41) is 4.44. The van der Waals surface area contributed by atoms with Gasteiger partial charge in [0.15, 0.2) is 16.5 Å². The van der Waals surface area contributed by atoms with Crippen LogP contribution in [0.15, 0.2) is 28.7 Å². The Hall–Kier alpha value is -1.78. The number of quaternary nitrogens is 1. The van der Waals surface area contributed by atoms with Gasteiger partial charge in [-0.15, -0.1) is 5.10 Å². The minimum absolute atomic E-state index is 0.0888. The molecule has 0 bridgehead atoms. The summed E-state index contributed by atoms with van der Waals surface area (Å²) >= 11 is 5.27. The lowest BCUT2D eigenvalue weighted by molar-refractivity contribution is -0.924. The average molecular weight is 414 g/mol. The van der Waals surface area contributed by atoms with Gasteiger partial charge in [-0.2, -0.15) is 4.68 Å². The van der Waals surface area contributed by atoms with Crippen LogP contribution < -0.4 is 9.80 Å². The van der Waals surface area contributed by atoms with Gasteiger partial charge in [-0.25, -0.2) is 12.8 Å². The number of aromatic nitrogens is 2. The quantitative estimate of drug-likeness (QED) is 0.741. The molecule has 1 N–H and O–H groups in total. The third-order valence-corrected chi connectivity index (χ3v) is 7.30. The second-order valence-corrected chi connectivity index (χ2v) is 9.76. The van der Waals surface area contributed by atoms with E-state index in [0.717, 1.165) is 31.9 Å². The number of benzene rings is 1. The molecule has 2 aliphatic heterocycles. The van der Waals surface area contributed by atoms with Crippen LogP contribution in [-0.4, -0.2) is 55.9 Å². The van der Waals surface area contributed by atoms with Crippen LogP contribution in [0.3, 0.4) is 0 Å². The van der Waals surface area contributed by atoms with Crippen LogP contribution in [0.1, 0.15) is 18.2 Å². The molecule has 146 valence electrons. The molecule has 0 unspecified atom stereocenters. The van der Waals surface area contributed by atoms with E-state index >= 15 is 0 Å². The number of rotatable bonds is 4. The predicted molar refractivity (Wildman–Crippen MR) is 101 cm³/mol. The number of anilines is 1. The Balaban J connectivity index is 1.37. The molecule has 2 fully saturated rings. The molecule has 0 aliphatic carbocycles. The summed E-state index contributed by atoms with van der Waals surface area (Å²) in [5.41, 5.74) is 1.03. The van der Waals surface area contributed by atoms with Crippen LogP contribution in [-0.2, 0) is 16.5 Å². The molecule has 7 nitrogen and oxygen atoms in total. The van der Waals surface area contributed by atoms with Crippen molar-refractivity contribution in [2.45, 2.75) is 19.0 Å². The molecule has 0 saturated carbocycles. The third kappa shape index (κ3) is 4.22. The molecule has 2 aromatic rings. The van der Waals surface area contributed by atoms with E-state index in [9.17, 15) is 12.8 Å². The van der Waals surface area contributed by atoms with E-state index in [1.165, 1.54) is 17.0 Å². The van der Waals surface area contributed by atoms with Crippen molar-refractivity contribution in [1.82, 2.24) is 9.78 Å². The molecule has 0 amide bonds. The van der Waals surface area contributed by atoms with Crippen LogP contribution in [0.4, 0.5) is 10.1 Å². The minimum Gasteiger partial charge on any atom is -0.413 e. The molecule has 1 aromatic carbocycles. The second kappa shape index (κ2) is 7.33. The molecular weight excluding hydrogens is 391 g/mol. The molecule has 1 aromatic heterocycles. The maximum Gasteiger partial charge on any atom is 0.291 e. The number of nitrogens with one attached hydrogen (secondary N) is 1. The topological polar surface area (TPSA) is 72.8 Å². The third-order valence-electron chi connectivity index (χ3n) is 5.24. The number of hydrogen-bond acceptors (Lipinski definition) is 6. The average Bonchev–Trinajstić information content (AvgIpc) is 3.19. The highest BCUT2D eigenvalue weighted by Gasteiger charge is 2.33. The van der Waals surface area contributed by atoms with Gasteiger partial charge in [0.25, 0.3) is 4.84 Å². The smallest absolute Gasteiger partial charge is 0.291 e. The van der Waals surface area contributed by atoms with E-state index in [2.05, 4.69) is 10.00 Å². The Morgan fingerprint density at radius 2 is 1.96 bits per heavy atom. The lowest BCUT2D eigenvalue weighted by atomic mass is 10.1. The Bertz CT molecular complexity index is 963. The van der Waals surface area contributed by atoms with Crippen molar-refractivity contribution in [3.8, 4) is 0 Å². The monoisotopic (exact) mass is 413 g/mol. The van der Waals surface area contributed by atoms with Crippen molar-refractivity contribution in [3.63, 3.8) is 0 Å². The normalized spacial score (nSPS) is 23.0. The molecule has 4 rings (SSSR count). The van der Waals surface area contributed by atoms with E-state index in [4.69, 9.17) is 16.6 Å². The maximum atomic E-state index is 13.1. The zero-order valence-electron chi connectivity index (χ0n) is 14.8. The Kier molecular flexibility index (Phi) is 5.04. The highest BCUT2D eigenvalue weighted by Crippen LogP contribution is 2.27. The van der Waals surface area contributed by atoms with Crippen molar-refractivity contribution in [2.75, 3.05) is 42.6 Å². The van der Waals surface area contributed by atoms with Crippen molar-refractivity contribution in [2.24, 2.45) is 0 Å². The second-order valence-electron chi connectivity index (χ2n) is 7.18. The highest BCUT2D eigenvalue weighted by atomic mass is 32.2. The first-order valence-corrected chi connectivity index (χ1v) is 11.2. The first-order chi connectivity index (χ1) is 12.9. The van der Waals surface area contributed by atoms with Crippen LogP contribution in [0.2, 0.25) is 0 Å². The van der Waals surface area contributed by atoms with Gasteiger partial charge in [-0.3, -0.25) is 0 Å². The largest absolute Gasteiger partial charge is 0.413 e. The van der Waals surface area contributed by atoms with E-state index in [-0.39, 0.29) is 23.2 Å². The molecule has 2 aliphatic rings. The standard InChI is InChI=1S/C17H21FN4O3S2/c18-14-1-3-15(4-2-14)21-8-6-20(7-9-21)12-22-17(26)25-16(19-22)13-5-10-27(23,24)11-13/h1-4,13H,5-12H2/p+1/t13-/m1/s1. The number of sulfone groups is 1. The number of nitrogens with zero attached hydrogens (tertiary/aromatic N) is 3. The van der Waals surface area contributed by atoms with Gasteiger partial charge in [0.2, 0.25) is 5.89 Å². The molecule has 2 saturated heterocycles. The van der Waals surface area contributed by atoms with E-state index < -0.39 is 9.84 Å². The van der Waals surface area contributed by atoms with Gasteiger partial charge >= 0.3 is 0 Å². The summed E-state index contributed by atoms with van der Waals surface area (Å²) in [6, 6.07) is 6.56. The van der Waals surface area contributed by atoms with Gasteiger partial charge in [0.05, 0.1) is 43.6 Å². The zero-order chi connectivity index (χ0) is 19.0. The zero-order valence-corrected chi connectivity index (χ0v) is 16.4. The Morgan fingerprint density at radius 3 is 2.59 bits per heavy atom. The van der Waals surface area contributed by atoms with Gasteiger partial charge in [-0.1, -0.05) is 0 Å². The van der Waals surface area contributed by atoms with Crippen LogP contribution in [0.5, 0.6) is 0 Å². The van der Waals surface area contributed by atoms with Crippen LogP contribution in [0.25, 0.3) is 0 Å². The summed E-state index contributed by atoms with van der Waals surface area (Å²) in [5.74, 6) is 0.289. The molecule has 27 heavy (non-hydrogen) atoms. The van der Waals surface area contributed by atoms with Crippen molar-refractivity contribution < 1.29 is 22.1 Å². The summed E-state index contributed by atoms with van der Waals surface area (Å²) in [7, 11) is -2.99. The summed E-state index contributed by atoms with van der Waals surface area (Å²) in [6.45, 7) is 4.12. The van der Waals surface area contributed by atoms with Crippen molar-refractivity contribution in [1.29, 1.82) is 0 Å². The van der Waals surface area contributed by atoms with E-state index in [1.54, 1.807) is 16.8 Å². The SMILES string of the molecule is O=S1(=O)CC[C@@H](c2nn(C[NH+]3CCN(c4ccc(F)cc4)CC3)c(=S)o2)C1. The maximum absolute atomic E-state index is 13.1. The molecule has 0 spiro atoms. The first kappa shape index (κ1) is 18.6. The summed E-state index contributed by atoms with van der Waals surface area (Å²) in [4.78, 5) is 3.85. The highest BCUT2D eigenvalue weighted by molar-refractivity contribution is 7.91.